The van der Waals surface area contributed by atoms with Gasteiger partial charge in [0.25, 0.3) is 0 Å². The number of hydrogen-bond acceptors (Lipinski definition) is 1. The zero-order valence-corrected chi connectivity index (χ0v) is 12.5. The van der Waals surface area contributed by atoms with Gasteiger partial charge in [-0.25, -0.2) is 0 Å². The van der Waals surface area contributed by atoms with Gasteiger partial charge in [-0.15, -0.1) is 0 Å². The largest absolute Gasteiger partial charge is 0.416 e. The van der Waals surface area contributed by atoms with E-state index in [1.54, 1.807) is 6.07 Å². The second-order valence-corrected chi connectivity index (χ2v) is 6.55. The topological polar surface area (TPSA) is 20.2 Å². The van der Waals surface area contributed by atoms with Crippen LogP contribution in [0.1, 0.15) is 44.2 Å². The molecule has 1 aliphatic carbocycles. The Bertz CT molecular complexity index is 467. The average molecular weight is 300 g/mol. The first kappa shape index (κ1) is 16.3. The van der Waals surface area contributed by atoms with Crippen LogP contribution in [-0.2, 0) is 12.6 Å². The standard InChI is InChI=1S/C17H23F3O/c1-11(2)13-6-7-16(21)14(10-13)8-12-4-3-5-15(9-12)17(18,19)20/h3-5,9,11,13-14,16,21H,6-8,10H2,1-2H3. The molecule has 1 aromatic rings. The molecule has 2 rings (SSSR count). The Morgan fingerprint density at radius 2 is 1.95 bits per heavy atom. The van der Waals surface area contributed by atoms with Gasteiger partial charge in [-0.3, -0.25) is 0 Å². The van der Waals surface area contributed by atoms with Crippen molar-refractivity contribution in [1.29, 1.82) is 0 Å². The summed E-state index contributed by atoms with van der Waals surface area (Å²) in [5.74, 6) is 1.18. The number of rotatable bonds is 3. The first-order valence-corrected chi connectivity index (χ1v) is 7.61. The Balaban J connectivity index is 2.09. The molecule has 3 unspecified atom stereocenters. The first-order chi connectivity index (χ1) is 9.77. The second-order valence-electron chi connectivity index (χ2n) is 6.55. The van der Waals surface area contributed by atoms with Gasteiger partial charge in [-0.2, -0.15) is 13.2 Å². The summed E-state index contributed by atoms with van der Waals surface area (Å²) in [7, 11) is 0. The Kier molecular flexibility index (Phi) is 4.97. The van der Waals surface area contributed by atoms with E-state index in [1.165, 1.54) is 12.1 Å². The van der Waals surface area contributed by atoms with E-state index in [-0.39, 0.29) is 5.92 Å². The van der Waals surface area contributed by atoms with E-state index in [4.69, 9.17) is 0 Å². The third-order valence-corrected chi connectivity index (χ3v) is 4.68. The number of halogens is 3. The Labute approximate surface area is 124 Å². The van der Waals surface area contributed by atoms with Crippen LogP contribution in [0.25, 0.3) is 0 Å². The van der Waals surface area contributed by atoms with E-state index in [9.17, 15) is 18.3 Å². The van der Waals surface area contributed by atoms with Crippen molar-refractivity contribution in [3.8, 4) is 0 Å². The van der Waals surface area contributed by atoms with Crippen LogP contribution in [-0.4, -0.2) is 11.2 Å². The minimum Gasteiger partial charge on any atom is -0.393 e. The van der Waals surface area contributed by atoms with Crippen molar-refractivity contribution >= 4 is 0 Å². The summed E-state index contributed by atoms with van der Waals surface area (Å²) < 4.78 is 38.2. The zero-order chi connectivity index (χ0) is 15.6. The molecular formula is C17H23F3O. The summed E-state index contributed by atoms with van der Waals surface area (Å²) in [4.78, 5) is 0. The van der Waals surface area contributed by atoms with E-state index in [1.807, 2.05) is 0 Å². The highest BCUT2D eigenvalue weighted by Gasteiger charge is 2.32. The van der Waals surface area contributed by atoms with E-state index in [2.05, 4.69) is 13.8 Å². The van der Waals surface area contributed by atoms with Gasteiger partial charge in [0.15, 0.2) is 0 Å². The number of benzene rings is 1. The average Bonchev–Trinajstić information content (AvgIpc) is 2.40. The quantitative estimate of drug-likeness (QED) is 0.859. The van der Waals surface area contributed by atoms with Crippen molar-refractivity contribution in [1.82, 2.24) is 0 Å². The molecular weight excluding hydrogens is 277 g/mol. The molecule has 0 aliphatic heterocycles. The molecule has 1 saturated carbocycles. The lowest BCUT2D eigenvalue weighted by atomic mass is 9.73. The predicted molar refractivity (Wildman–Crippen MR) is 76.8 cm³/mol. The lowest BCUT2D eigenvalue weighted by Gasteiger charge is -2.35. The summed E-state index contributed by atoms with van der Waals surface area (Å²) >= 11 is 0. The van der Waals surface area contributed by atoms with Crippen LogP contribution in [0.4, 0.5) is 13.2 Å². The van der Waals surface area contributed by atoms with Gasteiger partial charge in [0.2, 0.25) is 0 Å². The predicted octanol–water partition coefficient (Wildman–Crippen LogP) is 4.68. The van der Waals surface area contributed by atoms with Crippen LogP contribution in [0, 0.1) is 17.8 Å². The van der Waals surface area contributed by atoms with E-state index in [0.29, 0.717) is 23.8 Å². The van der Waals surface area contributed by atoms with Crippen molar-refractivity contribution < 1.29 is 18.3 Å². The molecule has 1 fully saturated rings. The van der Waals surface area contributed by atoms with Crippen molar-refractivity contribution in [2.75, 3.05) is 0 Å². The van der Waals surface area contributed by atoms with Crippen LogP contribution in [0.15, 0.2) is 24.3 Å². The van der Waals surface area contributed by atoms with Crippen molar-refractivity contribution in [2.45, 2.75) is 51.8 Å². The van der Waals surface area contributed by atoms with Gasteiger partial charge in [0.05, 0.1) is 11.7 Å². The van der Waals surface area contributed by atoms with Crippen LogP contribution >= 0.6 is 0 Å². The number of aliphatic hydroxyl groups excluding tert-OH is 1. The normalized spacial score (nSPS) is 27.1. The maximum Gasteiger partial charge on any atom is 0.416 e. The fourth-order valence-corrected chi connectivity index (χ4v) is 3.29. The maximum atomic E-state index is 12.7. The smallest absolute Gasteiger partial charge is 0.393 e. The molecule has 3 atom stereocenters. The molecule has 118 valence electrons. The molecule has 21 heavy (non-hydrogen) atoms. The SMILES string of the molecule is CC(C)C1CCC(O)C(Cc2cccc(C(F)(F)F)c2)C1. The van der Waals surface area contributed by atoms with Crippen LogP contribution < -0.4 is 0 Å². The third kappa shape index (κ3) is 4.22. The zero-order valence-electron chi connectivity index (χ0n) is 12.5. The molecule has 0 saturated heterocycles. The Hall–Kier alpha value is -1.03. The third-order valence-electron chi connectivity index (χ3n) is 4.68. The number of hydrogen-bond donors (Lipinski definition) is 1. The first-order valence-electron chi connectivity index (χ1n) is 7.61. The lowest BCUT2D eigenvalue weighted by Crippen LogP contribution is -2.32. The van der Waals surface area contributed by atoms with E-state index < -0.39 is 17.8 Å². The monoisotopic (exact) mass is 300 g/mol. The molecule has 0 amide bonds. The van der Waals surface area contributed by atoms with Gasteiger partial charge in [0, 0.05) is 0 Å². The second kappa shape index (κ2) is 6.39. The maximum absolute atomic E-state index is 12.7. The highest BCUT2D eigenvalue weighted by atomic mass is 19.4. The molecule has 0 spiro atoms. The molecule has 1 nitrogen and oxygen atoms in total. The van der Waals surface area contributed by atoms with Gasteiger partial charge in [0.1, 0.15) is 0 Å². The Morgan fingerprint density at radius 1 is 1.24 bits per heavy atom. The molecule has 4 heteroatoms. The van der Waals surface area contributed by atoms with Crippen molar-refractivity contribution in [3.63, 3.8) is 0 Å². The van der Waals surface area contributed by atoms with Gasteiger partial charge < -0.3 is 5.11 Å². The summed E-state index contributed by atoms with van der Waals surface area (Å²) in [5, 5.41) is 10.1. The highest BCUT2D eigenvalue weighted by Crippen LogP contribution is 2.36. The fraction of sp³-hybridized carbons (Fsp3) is 0.647. The van der Waals surface area contributed by atoms with Crippen LogP contribution in [0.3, 0.4) is 0 Å². The molecule has 0 bridgehead atoms. The highest BCUT2D eigenvalue weighted by molar-refractivity contribution is 5.26. The van der Waals surface area contributed by atoms with Gasteiger partial charge in [-0.1, -0.05) is 32.0 Å². The lowest BCUT2D eigenvalue weighted by molar-refractivity contribution is -0.137. The minimum absolute atomic E-state index is 0.0645. The van der Waals surface area contributed by atoms with E-state index >= 15 is 0 Å². The molecule has 0 heterocycles. The minimum atomic E-state index is -4.30. The molecule has 0 radical (unpaired) electrons. The van der Waals surface area contributed by atoms with Crippen molar-refractivity contribution in [2.24, 2.45) is 17.8 Å². The number of aliphatic hydroxyl groups is 1. The molecule has 0 aromatic heterocycles. The van der Waals surface area contributed by atoms with Gasteiger partial charge >= 0.3 is 6.18 Å². The summed E-state index contributed by atoms with van der Waals surface area (Å²) in [6.45, 7) is 4.34. The summed E-state index contributed by atoms with van der Waals surface area (Å²) in [6.07, 6.45) is -1.51. The van der Waals surface area contributed by atoms with Crippen molar-refractivity contribution in [3.05, 3.63) is 35.4 Å². The van der Waals surface area contributed by atoms with Crippen LogP contribution in [0.5, 0.6) is 0 Å². The Morgan fingerprint density at radius 3 is 2.57 bits per heavy atom. The summed E-state index contributed by atoms with van der Waals surface area (Å²) in [6, 6.07) is 5.48. The molecule has 1 aromatic carbocycles. The van der Waals surface area contributed by atoms with Gasteiger partial charge in [-0.05, 0) is 55.1 Å². The molecule has 1 aliphatic rings. The van der Waals surface area contributed by atoms with Crippen LogP contribution in [0.2, 0.25) is 0 Å². The number of alkyl halides is 3. The summed E-state index contributed by atoms with van der Waals surface area (Å²) in [5.41, 5.74) is 0.0592. The fourth-order valence-electron chi connectivity index (χ4n) is 3.29. The molecule has 1 N–H and O–H groups in total. The van der Waals surface area contributed by atoms with E-state index in [0.717, 1.165) is 25.3 Å².